The number of urea groups is 1. The minimum absolute atomic E-state index is 0.187. The van der Waals surface area contributed by atoms with E-state index in [1.165, 1.54) is 27.6 Å². The Morgan fingerprint density at radius 1 is 0.927 bits per heavy atom. The van der Waals surface area contributed by atoms with Gasteiger partial charge in [0, 0.05) is 39.2 Å². The largest absolute Gasteiger partial charge is 0.497 e. The van der Waals surface area contributed by atoms with Crippen LogP contribution in [0.2, 0.25) is 0 Å². The number of carbonyl (C=O) groups excluding carboxylic acids is 2. The number of hydrogen-bond acceptors (Lipinski definition) is 5. The van der Waals surface area contributed by atoms with E-state index in [4.69, 9.17) is 4.74 Å². The summed E-state index contributed by atoms with van der Waals surface area (Å²) >= 11 is 2.94. The molecule has 0 saturated heterocycles. The smallest absolute Gasteiger partial charge is 0.325 e. The van der Waals surface area contributed by atoms with E-state index in [9.17, 15) is 9.59 Å². The first-order valence-electron chi connectivity index (χ1n) is 13.3. The summed E-state index contributed by atoms with van der Waals surface area (Å²) in [6.45, 7) is 2.37. The number of likely N-dealkylation sites (N-methyl/N-ethyl adjacent to an activating group) is 1. The summed E-state index contributed by atoms with van der Waals surface area (Å²) in [4.78, 5) is 29.5. The fraction of sp³-hybridized carbons (Fsp3) is 0.152. The molecule has 1 unspecified atom stereocenters. The van der Waals surface area contributed by atoms with Gasteiger partial charge in [-0.1, -0.05) is 60.7 Å². The van der Waals surface area contributed by atoms with Gasteiger partial charge >= 0.3 is 6.03 Å². The number of methoxy groups -OCH3 is 1. The van der Waals surface area contributed by atoms with Crippen molar-refractivity contribution in [3.63, 3.8) is 0 Å². The van der Waals surface area contributed by atoms with Gasteiger partial charge in [0.05, 0.1) is 7.11 Å². The van der Waals surface area contributed by atoms with Gasteiger partial charge in [-0.15, -0.1) is 11.3 Å². The van der Waals surface area contributed by atoms with Gasteiger partial charge in [0.1, 0.15) is 11.8 Å². The number of ether oxygens (including phenoxy) is 1. The third-order valence-electron chi connectivity index (χ3n) is 6.74. The highest BCUT2D eigenvalue weighted by atomic mass is 32.2. The van der Waals surface area contributed by atoms with Crippen LogP contribution in [0.15, 0.2) is 113 Å². The summed E-state index contributed by atoms with van der Waals surface area (Å²) in [6, 6.07) is 32.3. The van der Waals surface area contributed by atoms with E-state index in [0.717, 1.165) is 21.7 Å². The van der Waals surface area contributed by atoms with Crippen molar-refractivity contribution in [3.05, 3.63) is 114 Å². The van der Waals surface area contributed by atoms with Crippen LogP contribution in [0.3, 0.4) is 0 Å². The quantitative estimate of drug-likeness (QED) is 0.167. The van der Waals surface area contributed by atoms with Gasteiger partial charge in [0.25, 0.3) is 0 Å². The fourth-order valence-corrected chi connectivity index (χ4v) is 6.26. The molecule has 0 aliphatic carbocycles. The Hall–Kier alpha value is -4.27. The van der Waals surface area contributed by atoms with E-state index in [0.29, 0.717) is 18.7 Å². The molecule has 0 bridgehead atoms. The van der Waals surface area contributed by atoms with Crippen molar-refractivity contribution in [2.24, 2.45) is 0 Å². The fourth-order valence-electron chi connectivity index (χ4n) is 4.69. The second-order valence-electron chi connectivity index (χ2n) is 9.37. The molecule has 0 radical (unpaired) electrons. The lowest BCUT2D eigenvalue weighted by Gasteiger charge is -2.27. The molecule has 5 rings (SSSR count). The van der Waals surface area contributed by atoms with Crippen molar-refractivity contribution in [1.82, 2.24) is 10.0 Å². The Bertz CT molecular complexity index is 1620. The molecule has 3 amide bonds. The summed E-state index contributed by atoms with van der Waals surface area (Å²) < 4.78 is 9.37. The molecule has 6 nitrogen and oxygen atoms in total. The first kappa shape index (κ1) is 28.3. The number of anilines is 1. The van der Waals surface area contributed by atoms with Crippen LogP contribution in [0, 0.1) is 0 Å². The molecule has 4 aromatic carbocycles. The molecule has 0 aliphatic heterocycles. The van der Waals surface area contributed by atoms with E-state index < -0.39 is 12.1 Å². The minimum Gasteiger partial charge on any atom is -0.497 e. The molecule has 1 atom stereocenters. The molecule has 1 heterocycles. The van der Waals surface area contributed by atoms with Crippen molar-refractivity contribution in [3.8, 4) is 16.9 Å². The zero-order valence-corrected chi connectivity index (χ0v) is 24.5. The molecule has 0 aliphatic rings. The Kier molecular flexibility index (Phi) is 9.23. The average Bonchev–Trinajstić information content (AvgIpc) is 3.45. The van der Waals surface area contributed by atoms with Gasteiger partial charge in [0.15, 0.2) is 0 Å². The highest BCUT2D eigenvalue weighted by Gasteiger charge is 2.27. The number of nitrogens with one attached hydrogen (secondary N) is 2. The lowest BCUT2D eigenvalue weighted by molar-refractivity contribution is -0.120. The monoisotopic (exact) mass is 581 g/mol. The van der Waals surface area contributed by atoms with Gasteiger partial charge in [-0.05, 0) is 77.8 Å². The van der Waals surface area contributed by atoms with E-state index in [1.807, 2.05) is 85.8 Å². The second kappa shape index (κ2) is 13.4. The van der Waals surface area contributed by atoms with Gasteiger partial charge < -0.3 is 15.0 Å². The van der Waals surface area contributed by atoms with E-state index >= 15 is 0 Å². The summed E-state index contributed by atoms with van der Waals surface area (Å²) in [5, 5.41) is 6.30. The number of amides is 3. The maximum Gasteiger partial charge on any atom is 0.325 e. The van der Waals surface area contributed by atoms with Crippen LogP contribution < -0.4 is 19.7 Å². The highest BCUT2D eigenvalue weighted by molar-refractivity contribution is 7.98. The maximum absolute atomic E-state index is 13.8. The molecular formula is C33H31N3O3S2. The van der Waals surface area contributed by atoms with Crippen molar-refractivity contribution in [2.45, 2.75) is 24.3 Å². The van der Waals surface area contributed by atoms with Crippen LogP contribution in [0.1, 0.15) is 12.5 Å². The third-order valence-corrected chi connectivity index (χ3v) is 8.48. The van der Waals surface area contributed by atoms with Crippen molar-refractivity contribution in [2.75, 3.05) is 18.6 Å². The standard InChI is InChI=1S/C33H31N3O3S2/c1-3-36(25-16-18-26(39-2)19-17-25)32(37)30(20-23-10-5-4-6-11-23)34-33(38)35-41-27-13-9-12-24(21-27)29-22-40-31-15-8-7-14-28(29)31/h4-19,21-22,30H,3,20H2,1-2H3,(H2,34,35,38). The summed E-state index contributed by atoms with van der Waals surface area (Å²) in [5.41, 5.74) is 3.96. The Balaban J connectivity index is 1.30. The number of benzene rings is 4. The molecule has 2 N–H and O–H groups in total. The SMILES string of the molecule is CCN(C(=O)C(Cc1ccccc1)NC(=O)NSc1cccc(-c2csc3ccccc23)c1)c1ccc(OC)cc1. The number of fused-ring (bicyclic) bond motifs is 1. The predicted molar refractivity (Wildman–Crippen MR) is 170 cm³/mol. The van der Waals surface area contributed by atoms with E-state index in [-0.39, 0.29) is 5.91 Å². The van der Waals surface area contributed by atoms with Crippen molar-refractivity contribution in [1.29, 1.82) is 0 Å². The molecule has 41 heavy (non-hydrogen) atoms. The Labute approximate surface area is 248 Å². The second-order valence-corrected chi connectivity index (χ2v) is 11.2. The first-order chi connectivity index (χ1) is 20.1. The molecule has 0 fully saturated rings. The van der Waals surface area contributed by atoms with Gasteiger partial charge in [-0.2, -0.15) is 0 Å². The number of thiophene rings is 1. The topological polar surface area (TPSA) is 70.7 Å². The van der Waals surface area contributed by atoms with Crippen molar-refractivity contribution >= 4 is 51.0 Å². The van der Waals surface area contributed by atoms with Crippen LogP contribution in [0.25, 0.3) is 21.2 Å². The normalized spacial score (nSPS) is 11.6. The van der Waals surface area contributed by atoms with Gasteiger partial charge in [0.2, 0.25) is 5.91 Å². The van der Waals surface area contributed by atoms with Crippen molar-refractivity contribution < 1.29 is 14.3 Å². The lowest BCUT2D eigenvalue weighted by Crippen LogP contribution is -2.51. The van der Waals surface area contributed by atoms with E-state index in [1.54, 1.807) is 23.3 Å². The zero-order chi connectivity index (χ0) is 28.6. The summed E-state index contributed by atoms with van der Waals surface area (Å²) in [6.07, 6.45) is 0.366. The predicted octanol–water partition coefficient (Wildman–Crippen LogP) is 7.55. The first-order valence-corrected chi connectivity index (χ1v) is 15.0. The molecule has 1 aromatic heterocycles. The Morgan fingerprint density at radius 3 is 2.44 bits per heavy atom. The highest BCUT2D eigenvalue weighted by Crippen LogP contribution is 2.35. The van der Waals surface area contributed by atoms with Crippen LogP contribution >= 0.6 is 23.3 Å². The number of nitrogens with zero attached hydrogens (tertiary/aromatic N) is 1. The molecule has 208 valence electrons. The van der Waals surface area contributed by atoms with E-state index in [2.05, 4.69) is 39.7 Å². The van der Waals surface area contributed by atoms with Crippen LogP contribution in [-0.4, -0.2) is 31.6 Å². The minimum atomic E-state index is -0.761. The average molecular weight is 582 g/mol. The number of hydrogen-bond donors (Lipinski definition) is 2. The Morgan fingerprint density at radius 2 is 1.68 bits per heavy atom. The van der Waals surface area contributed by atoms with Crippen LogP contribution in [-0.2, 0) is 11.2 Å². The number of carbonyl (C=O) groups is 2. The van der Waals surface area contributed by atoms with Crippen LogP contribution in [0.4, 0.5) is 10.5 Å². The lowest BCUT2D eigenvalue weighted by atomic mass is 10.0. The molecule has 5 aromatic rings. The molecular weight excluding hydrogens is 551 g/mol. The number of rotatable bonds is 10. The molecule has 8 heteroatoms. The molecule has 0 spiro atoms. The maximum atomic E-state index is 13.8. The van der Waals surface area contributed by atoms with Gasteiger partial charge in [-0.25, -0.2) is 4.79 Å². The van der Waals surface area contributed by atoms with Crippen LogP contribution in [0.5, 0.6) is 5.75 Å². The summed E-state index contributed by atoms with van der Waals surface area (Å²) in [7, 11) is 1.61. The molecule has 0 saturated carbocycles. The summed E-state index contributed by atoms with van der Waals surface area (Å²) in [5.74, 6) is 0.525. The zero-order valence-electron chi connectivity index (χ0n) is 22.9. The van der Waals surface area contributed by atoms with Gasteiger partial charge in [-0.3, -0.25) is 9.52 Å². The third kappa shape index (κ3) is 6.90.